The van der Waals surface area contributed by atoms with Gasteiger partial charge in [-0.3, -0.25) is 10.1 Å². The highest BCUT2D eigenvalue weighted by molar-refractivity contribution is 5.72. The number of nitrogens with one attached hydrogen (secondary N) is 2. The molecule has 172 valence electrons. The van der Waals surface area contributed by atoms with Crippen molar-refractivity contribution in [3.05, 3.63) is 16.4 Å². The molecule has 3 rings (SSSR count). The number of aromatic nitrogens is 2. The number of piperidine rings is 1. The van der Waals surface area contributed by atoms with Gasteiger partial charge in [0.25, 0.3) is 0 Å². The molecule has 2 N–H and O–H groups in total. The van der Waals surface area contributed by atoms with Crippen LogP contribution in [-0.4, -0.2) is 75.8 Å². The fraction of sp³-hybridized carbons (Fsp3) is 0.750. The third-order valence-corrected chi connectivity index (χ3v) is 5.62. The summed E-state index contributed by atoms with van der Waals surface area (Å²) in [5.74, 6) is 0.514. The molecule has 0 bridgehead atoms. The zero-order valence-electron chi connectivity index (χ0n) is 19.0. The molecule has 1 aromatic rings. The van der Waals surface area contributed by atoms with Gasteiger partial charge in [0.05, 0.1) is 11.5 Å². The molecule has 0 aromatic carbocycles. The second kappa shape index (κ2) is 8.81. The number of carbonyl (C=O) groups excluding carboxylic acids is 1. The third-order valence-electron chi connectivity index (χ3n) is 5.62. The summed E-state index contributed by atoms with van der Waals surface area (Å²) in [5.41, 5.74) is -0.331. The van der Waals surface area contributed by atoms with Crippen LogP contribution in [0.5, 0.6) is 0 Å². The fourth-order valence-electron chi connectivity index (χ4n) is 4.81. The quantitative estimate of drug-likeness (QED) is 0.529. The van der Waals surface area contributed by atoms with E-state index in [1.54, 1.807) is 11.8 Å². The summed E-state index contributed by atoms with van der Waals surface area (Å²) < 4.78 is 5.04. The summed E-state index contributed by atoms with van der Waals surface area (Å²) in [6.45, 7) is 12.3. The Balaban J connectivity index is 1.79. The highest BCUT2D eigenvalue weighted by Crippen LogP contribution is 2.36. The monoisotopic (exact) mass is 435 g/mol. The van der Waals surface area contributed by atoms with Crippen molar-refractivity contribution in [3.63, 3.8) is 0 Å². The maximum absolute atomic E-state index is 12.0. The third kappa shape index (κ3) is 5.52. The maximum atomic E-state index is 12.0. The first kappa shape index (κ1) is 23.0. The van der Waals surface area contributed by atoms with Crippen LogP contribution in [0.3, 0.4) is 0 Å². The van der Waals surface area contributed by atoms with Gasteiger partial charge in [0, 0.05) is 43.3 Å². The molecule has 2 saturated heterocycles. The lowest BCUT2D eigenvalue weighted by molar-refractivity contribution is -0.383. The minimum absolute atomic E-state index is 0.0355. The lowest BCUT2D eigenvalue weighted by atomic mass is 9.79. The van der Waals surface area contributed by atoms with E-state index in [9.17, 15) is 14.9 Å². The van der Waals surface area contributed by atoms with E-state index in [1.807, 2.05) is 4.90 Å². The highest BCUT2D eigenvalue weighted by atomic mass is 16.6. The largest absolute Gasteiger partial charge is 0.450 e. The van der Waals surface area contributed by atoms with Crippen molar-refractivity contribution < 1.29 is 14.5 Å². The lowest BCUT2D eigenvalue weighted by Gasteiger charge is -2.46. The Morgan fingerprint density at radius 3 is 2.39 bits per heavy atom. The molecule has 11 nitrogen and oxygen atoms in total. The molecule has 0 spiro atoms. The van der Waals surface area contributed by atoms with Gasteiger partial charge in [0.2, 0.25) is 11.6 Å². The van der Waals surface area contributed by atoms with E-state index in [4.69, 9.17) is 4.74 Å². The Morgan fingerprint density at radius 2 is 1.84 bits per heavy atom. The van der Waals surface area contributed by atoms with E-state index in [2.05, 4.69) is 48.3 Å². The van der Waals surface area contributed by atoms with Gasteiger partial charge in [-0.05, 0) is 47.5 Å². The van der Waals surface area contributed by atoms with E-state index >= 15 is 0 Å². The number of rotatable bonds is 5. The topological polar surface area (TPSA) is 126 Å². The van der Waals surface area contributed by atoms with Crippen molar-refractivity contribution in [1.82, 2.24) is 20.2 Å². The van der Waals surface area contributed by atoms with E-state index in [0.29, 0.717) is 32.8 Å². The van der Waals surface area contributed by atoms with E-state index in [1.165, 1.54) is 6.33 Å². The molecular formula is C20H33N7O4. The second-order valence-electron chi connectivity index (χ2n) is 9.47. The van der Waals surface area contributed by atoms with Crippen molar-refractivity contribution in [1.29, 1.82) is 0 Å². The predicted molar refractivity (Wildman–Crippen MR) is 117 cm³/mol. The minimum Gasteiger partial charge on any atom is -0.450 e. The molecule has 0 saturated carbocycles. The lowest BCUT2D eigenvalue weighted by Crippen LogP contribution is -2.60. The maximum Gasteiger partial charge on any atom is 0.409 e. The number of nitro groups is 1. The molecule has 3 heterocycles. The van der Waals surface area contributed by atoms with Crippen LogP contribution in [0.4, 0.5) is 22.1 Å². The van der Waals surface area contributed by atoms with Gasteiger partial charge < -0.3 is 25.2 Å². The molecule has 31 heavy (non-hydrogen) atoms. The standard InChI is InChI=1S/C20H33N7O4/c1-6-31-18(28)26-9-7-25(8-10-26)17-15(27(29)30)16(21-13-22-17)23-14-11-19(2,3)24-20(4,5)12-14/h13-14,24H,6-12H2,1-5H3,(H,21,22,23). The molecule has 0 aliphatic carbocycles. The number of hydrogen-bond donors (Lipinski definition) is 2. The molecule has 1 amide bonds. The van der Waals surface area contributed by atoms with Crippen molar-refractivity contribution in [2.24, 2.45) is 0 Å². The summed E-state index contributed by atoms with van der Waals surface area (Å²) >= 11 is 0. The zero-order valence-corrected chi connectivity index (χ0v) is 19.0. The minimum atomic E-state index is -0.424. The van der Waals surface area contributed by atoms with Gasteiger partial charge in [-0.25, -0.2) is 14.8 Å². The molecule has 2 aliphatic heterocycles. The van der Waals surface area contributed by atoms with Crippen LogP contribution in [-0.2, 0) is 4.74 Å². The smallest absolute Gasteiger partial charge is 0.409 e. The van der Waals surface area contributed by atoms with E-state index < -0.39 is 4.92 Å². The molecule has 2 aliphatic rings. The van der Waals surface area contributed by atoms with Gasteiger partial charge >= 0.3 is 11.8 Å². The van der Waals surface area contributed by atoms with Gasteiger partial charge in [-0.1, -0.05) is 0 Å². The Labute approximate surface area is 182 Å². The Morgan fingerprint density at radius 1 is 1.23 bits per heavy atom. The van der Waals surface area contributed by atoms with Gasteiger partial charge in [0.1, 0.15) is 6.33 Å². The first-order chi connectivity index (χ1) is 14.5. The normalized spacial score (nSPS) is 20.9. The van der Waals surface area contributed by atoms with Gasteiger partial charge in [-0.2, -0.15) is 0 Å². The van der Waals surface area contributed by atoms with Crippen LogP contribution in [0.25, 0.3) is 0 Å². The van der Waals surface area contributed by atoms with Crippen molar-refractivity contribution in [2.75, 3.05) is 43.0 Å². The molecular weight excluding hydrogens is 402 g/mol. The highest BCUT2D eigenvalue weighted by Gasteiger charge is 2.39. The first-order valence-electron chi connectivity index (χ1n) is 10.7. The van der Waals surface area contributed by atoms with Crippen molar-refractivity contribution in [2.45, 2.75) is 64.6 Å². The zero-order chi connectivity index (χ0) is 22.8. The van der Waals surface area contributed by atoms with Crippen molar-refractivity contribution in [3.8, 4) is 0 Å². The van der Waals surface area contributed by atoms with Crippen LogP contribution in [0, 0.1) is 10.1 Å². The number of anilines is 2. The summed E-state index contributed by atoms with van der Waals surface area (Å²) in [7, 11) is 0. The number of carbonyl (C=O) groups is 1. The molecule has 1 aromatic heterocycles. The molecule has 0 atom stereocenters. The Hall–Kier alpha value is -2.69. The van der Waals surface area contributed by atoms with Crippen LogP contribution >= 0.6 is 0 Å². The van der Waals surface area contributed by atoms with Crippen LogP contribution in [0.2, 0.25) is 0 Å². The summed E-state index contributed by atoms with van der Waals surface area (Å²) in [6, 6.07) is 0.0355. The molecule has 11 heteroatoms. The number of nitrogens with zero attached hydrogens (tertiary/aromatic N) is 5. The van der Waals surface area contributed by atoms with E-state index in [-0.39, 0.29) is 40.5 Å². The Kier molecular flexibility index (Phi) is 6.54. The average molecular weight is 436 g/mol. The predicted octanol–water partition coefficient (Wildman–Crippen LogP) is 2.38. The van der Waals surface area contributed by atoms with Gasteiger partial charge in [0.15, 0.2) is 0 Å². The molecule has 2 fully saturated rings. The first-order valence-corrected chi connectivity index (χ1v) is 10.7. The van der Waals surface area contributed by atoms with Gasteiger partial charge in [-0.15, -0.1) is 0 Å². The molecule has 0 radical (unpaired) electrons. The molecule has 0 unspecified atom stereocenters. The van der Waals surface area contributed by atoms with Crippen molar-refractivity contribution >= 4 is 23.4 Å². The van der Waals surface area contributed by atoms with E-state index in [0.717, 1.165) is 12.8 Å². The Bertz CT molecular complexity index is 806. The average Bonchev–Trinajstić information content (AvgIpc) is 2.65. The number of hydrogen-bond acceptors (Lipinski definition) is 9. The van der Waals surface area contributed by atoms with Crippen LogP contribution < -0.4 is 15.5 Å². The van der Waals surface area contributed by atoms with Crippen LogP contribution in [0.1, 0.15) is 47.5 Å². The fourth-order valence-corrected chi connectivity index (χ4v) is 4.81. The van der Waals surface area contributed by atoms with Crippen LogP contribution in [0.15, 0.2) is 6.33 Å². The summed E-state index contributed by atoms with van der Waals surface area (Å²) in [4.78, 5) is 35.4. The number of amides is 1. The summed E-state index contributed by atoms with van der Waals surface area (Å²) in [5, 5.41) is 18.9. The number of piperazine rings is 1. The number of ether oxygens (including phenoxy) is 1. The SMILES string of the molecule is CCOC(=O)N1CCN(c2ncnc(NC3CC(C)(C)NC(C)(C)C3)c2[N+](=O)[O-])CC1. The second-order valence-corrected chi connectivity index (χ2v) is 9.47. The summed E-state index contributed by atoms with van der Waals surface area (Å²) in [6.07, 6.45) is 2.62.